The Morgan fingerprint density at radius 3 is 2.88 bits per heavy atom. The molecule has 1 aromatic rings. The molecular formula is C10H15N3O3S. The predicted octanol–water partition coefficient (Wildman–Crippen LogP) is 0.206. The van der Waals surface area contributed by atoms with Gasteiger partial charge in [-0.1, -0.05) is 0 Å². The molecule has 1 aromatic heterocycles. The minimum absolute atomic E-state index is 0.0377. The third-order valence-corrected chi connectivity index (χ3v) is 2.75. The lowest BCUT2D eigenvalue weighted by Gasteiger charge is -2.13. The van der Waals surface area contributed by atoms with Gasteiger partial charge >= 0.3 is 5.97 Å². The summed E-state index contributed by atoms with van der Waals surface area (Å²) in [4.78, 5) is 22.4. The number of aromatic nitrogens is 2. The van der Waals surface area contributed by atoms with Crippen LogP contribution in [0.5, 0.6) is 0 Å². The van der Waals surface area contributed by atoms with E-state index >= 15 is 0 Å². The average Bonchev–Trinajstić information content (AvgIpc) is 2.76. The second-order valence-corrected chi connectivity index (χ2v) is 4.43. The second-order valence-electron chi connectivity index (χ2n) is 3.44. The molecule has 0 spiro atoms. The quantitative estimate of drug-likeness (QED) is 0.729. The fraction of sp³-hybridized carbons (Fsp3) is 0.500. The van der Waals surface area contributed by atoms with E-state index in [1.807, 2.05) is 6.26 Å². The number of carbonyl (C=O) groups is 2. The van der Waals surface area contributed by atoms with Gasteiger partial charge in [-0.2, -0.15) is 16.9 Å². The van der Waals surface area contributed by atoms with Gasteiger partial charge in [-0.3, -0.25) is 9.48 Å². The fourth-order valence-electron chi connectivity index (χ4n) is 1.27. The lowest BCUT2D eigenvalue weighted by Crippen LogP contribution is -2.42. The zero-order valence-corrected chi connectivity index (χ0v) is 10.3. The molecule has 0 aliphatic heterocycles. The first kappa shape index (κ1) is 13.6. The first-order valence-corrected chi connectivity index (χ1v) is 6.51. The molecule has 1 heterocycles. The maximum atomic E-state index is 11.5. The van der Waals surface area contributed by atoms with Crippen molar-refractivity contribution in [3.8, 4) is 0 Å². The van der Waals surface area contributed by atoms with Crippen LogP contribution in [0, 0.1) is 0 Å². The topological polar surface area (TPSA) is 84.2 Å². The van der Waals surface area contributed by atoms with Crippen molar-refractivity contribution in [2.45, 2.75) is 19.0 Å². The summed E-state index contributed by atoms with van der Waals surface area (Å²) in [6, 6.07) is 0.876. The average molecular weight is 257 g/mol. The fourth-order valence-corrected chi connectivity index (χ4v) is 1.75. The minimum atomic E-state index is -1.01. The zero-order chi connectivity index (χ0) is 12.7. The number of amides is 1. The monoisotopic (exact) mass is 257 g/mol. The Hall–Kier alpha value is -1.50. The van der Waals surface area contributed by atoms with Gasteiger partial charge in [0.2, 0.25) is 5.91 Å². The molecule has 0 unspecified atom stereocenters. The maximum absolute atomic E-state index is 11.5. The van der Waals surface area contributed by atoms with Crippen molar-refractivity contribution in [2.75, 3.05) is 12.0 Å². The van der Waals surface area contributed by atoms with Gasteiger partial charge in [0.05, 0.1) is 0 Å². The Labute approximate surface area is 103 Å². The van der Waals surface area contributed by atoms with Crippen molar-refractivity contribution in [1.82, 2.24) is 15.1 Å². The maximum Gasteiger partial charge on any atom is 0.326 e. The van der Waals surface area contributed by atoms with Crippen molar-refractivity contribution >= 4 is 23.6 Å². The molecule has 0 fully saturated rings. The molecule has 1 rings (SSSR count). The van der Waals surface area contributed by atoms with Gasteiger partial charge in [0.15, 0.2) is 0 Å². The van der Waals surface area contributed by atoms with Crippen molar-refractivity contribution < 1.29 is 14.7 Å². The van der Waals surface area contributed by atoms with E-state index in [9.17, 15) is 9.59 Å². The molecule has 0 saturated heterocycles. The molecule has 0 bridgehead atoms. The third-order valence-electron chi connectivity index (χ3n) is 2.11. The summed E-state index contributed by atoms with van der Waals surface area (Å²) in [5.41, 5.74) is 0. The first-order chi connectivity index (χ1) is 8.13. The Bertz CT molecular complexity index is 367. The summed E-state index contributed by atoms with van der Waals surface area (Å²) in [5, 5.41) is 15.3. The van der Waals surface area contributed by atoms with Crippen molar-refractivity contribution in [3.63, 3.8) is 0 Å². The molecular weight excluding hydrogens is 242 g/mol. The van der Waals surface area contributed by atoms with Crippen LogP contribution in [0.2, 0.25) is 0 Å². The van der Waals surface area contributed by atoms with Gasteiger partial charge in [-0.15, -0.1) is 0 Å². The molecule has 1 amide bonds. The smallest absolute Gasteiger partial charge is 0.326 e. The number of hydrogen-bond donors (Lipinski definition) is 2. The van der Waals surface area contributed by atoms with E-state index < -0.39 is 12.0 Å². The molecule has 0 saturated carbocycles. The van der Waals surface area contributed by atoms with E-state index in [-0.39, 0.29) is 12.5 Å². The van der Waals surface area contributed by atoms with Crippen LogP contribution in [-0.4, -0.2) is 44.8 Å². The van der Waals surface area contributed by atoms with Gasteiger partial charge < -0.3 is 10.4 Å². The number of carboxylic acids is 1. The van der Waals surface area contributed by atoms with Crippen LogP contribution in [0.1, 0.15) is 6.42 Å². The lowest BCUT2D eigenvalue weighted by molar-refractivity contribution is -0.142. The van der Waals surface area contributed by atoms with Crippen LogP contribution in [0.4, 0.5) is 0 Å². The summed E-state index contributed by atoms with van der Waals surface area (Å²) in [6.07, 6.45) is 5.53. The van der Waals surface area contributed by atoms with Gasteiger partial charge in [0, 0.05) is 12.4 Å². The van der Waals surface area contributed by atoms with Crippen LogP contribution in [-0.2, 0) is 16.1 Å². The highest BCUT2D eigenvalue weighted by atomic mass is 32.2. The van der Waals surface area contributed by atoms with Crippen LogP contribution >= 0.6 is 11.8 Å². The normalized spacial score (nSPS) is 12.1. The number of aliphatic carboxylic acids is 1. The van der Waals surface area contributed by atoms with E-state index in [1.54, 1.807) is 30.2 Å². The molecule has 0 aromatic carbocycles. The molecule has 6 nitrogen and oxygen atoms in total. The Morgan fingerprint density at radius 1 is 1.59 bits per heavy atom. The number of hydrogen-bond acceptors (Lipinski definition) is 4. The summed E-state index contributed by atoms with van der Waals surface area (Å²) >= 11 is 1.55. The number of nitrogens with zero attached hydrogens (tertiary/aromatic N) is 2. The third kappa shape index (κ3) is 4.90. The Kier molecular flexibility index (Phi) is 5.55. The highest BCUT2D eigenvalue weighted by Gasteiger charge is 2.19. The minimum Gasteiger partial charge on any atom is -0.480 e. The number of carbonyl (C=O) groups excluding carboxylic acids is 1. The summed E-state index contributed by atoms with van der Waals surface area (Å²) in [6.45, 7) is 0.0377. The highest BCUT2D eigenvalue weighted by Crippen LogP contribution is 2.01. The second kappa shape index (κ2) is 6.95. The molecule has 17 heavy (non-hydrogen) atoms. The van der Waals surface area contributed by atoms with E-state index in [2.05, 4.69) is 10.4 Å². The predicted molar refractivity (Wildman–Crippen MR) is 64.8 cm³/mol. The number of thioether (sulfide) groups is 1. The standard InChI is InChI=1S/C10H15N3O3S/c1-17-6-3-8(10(15)16)12-9(14)7-13-5-2-4-11-13/h2,4-5,8H,3,6-7H2,1H3,(H,12,14)(H,15,16)/t8-/m1/s1. The number of carboxylic acid groups (broad SMARTS) is 1. The van der Waals surface area contributed by atoms with Crippen LogP contribution in [0.25, 0.3) is 0 Å². The van der Waals surface area contributed by atoms with Crippen LogP contribution in [0.3, 0.4) is 0 Å². The molecule has 0 aliphatic carbocycles. The molecule has 7 heteroatoms. The molecule has 0 radical (unpaired) electrons. The molecule has 94 valence electrons. The van der Waals surface area contributed by atoms with E-state index in [1.165, 1.54) is 4.68 Å². The largest absolute Gasteiger partial charge is 0.480 e. The summed E-state index contributed by atoms with van der Waals surface area (Å²) in [5.74, 6) is -0.658. The number of rotatable bonds is 7. The van der Waals surface area contributed by atoms with Crippen molar-refractivity contribution in [3.05, 3.63) is 18.5 Å². The van der Waals surface area contributed by atoms with E-state index in [0.717, 1.165) is 0 Å². The van der Waals surface area contributed by atoms with Crippen LogP contribution < -0.4 is 5.32 Å². The van der Waals surface area contributed by atoms with Crippen LogP contribution in [0.15, 0.2) is 18.5 Å². The van der Waals surface area contributed by atoms with E-state index in [0.29, 0.717) is 12.2 Å². The summed E-state index contributed by atoms with van der Waals surface area (Å²) in [7, 11) is 0. The van der Waals surface area contributed by atoms with Gasteiger partial charge in [0.1, 0.15) is 12.6 Å². The first-order valence-electron chi connectivity index (χ1n) is 5.12. The zero-order valence-electron chi connectivity index (χ0n) is 9.50. The Balaban J connectivity index is 2.43. The Morgan fingerprint density at radius 2 is 2.35 bits per heavy atom. The van der Waals surface area contributed by atoms with Gasteiger partial charge in [-0.25, -0.2) is 4.79 Å². The van der Waals surface area contributed by atoms with E-state index in [4.69, 9.17) is 5.11 Å². The molecule has 1 atom stereocenters. The van der Waals surface area contributed by atoms with Gasteiger partial charge in [-0.05, 0) is 24.5 Å². The van der Waals surface area contributed by atoms with Crippen molar-refractivity contribution in [2.24, 2.45) is 0 Å². The SMILES string of the molecule is CSCC[C@@H](NC(=O)Cn1cccn1)C(=O)O. The lowest BCUT2D eigenvalue weighted by atomic mass is 10.2. The van der Waals surface area contributed by atoms with Crippen molar-refractivity contribution in [1.29, 1.82) is 0 Å². The molecule has 0 aliphatic rings. The number of nitrogens with one attached hydrogen (secondary N) is 1. The molecule has 2 N–H and O–H groups in total. The highest BCUT2D eigenvalue weighted by molar-refractivity contribution is 7.98. The van der Waals surface area contributed by atoms with Gasteiger partial charge in [0.25, 0.3) is 0 Å². The summed E-state index contributed by atoms with van der Waals surface area (Å²) < 4.78 is 1.45.